The Labute approximate surface area is 219 Å². The van der Waals surface area contributed by atoms with Crippen LogP contribution in [0.25, 0.3) is 10.8 Å². The van der Waals surface area contributed by atoms with E-state index in [0.717, 1.165) is 59.7 Å². The van der Waals surface area contributed by atoms with Crippen molar-refractivity contribution in [2.75, 3.05) is 36.8 Å². The van der Waals surface area contributed by atoms with Crippen molar-refractivity contribution in [1.29, 1.82) is 0 Å². The average molecular weight is 503 g/mol. The van der Waals surface area contributed by atoms with Crippen molar-refractivity contribution in [2.45, 2.75) is 0 Å². The Balaban J connectivity index is 1.16. The van der Waals surface area contributed by atoms with Gasteiger partial charge in [0.25, 0.3) is 11.8 Å². The Morgan fingerprint density at radius 1 is 0.605 bits per heavy atom. The summed E-state index contributed by atoms with van der Waals surface area (Å²) in [5, 5.41) is 14.2. The molecule has 0 aromatic heterocycles. The Hall–Kier alpha value is -4.98. The van der Waals surface area contributed by atoms with Crippen molar-refractivity contribution in [3.8, 4) is 0 Å². The fourth-order valence-corrected chi connectivity index (χ4v) is 4.61. The van der Waals surface area contributed by atoms with Crippen molar-refractivity contribution in [1.82, 2.24) is 10.6 Å². The molecule has 0 fully saturated rings. The summed E-state index contributed by atoms with van der Waals surface area (Å²) in [5.41, 5.74) is 4.38. The van der Waals surface area contributed by atoms with Gasteiger partial charge in [0, 0.05) is 46.7 Å². The van der Waals surface area contributed by atoms with Gasteiger partial charge in [0.15, 0.2) is 0 Å². The highest BCUT2D eigenvalue weighted by Crippen LogP contribution is 2.21. The van der Waals surface area contributed by atoms with Crippen LogP contribution in [0.2, 0.25) is 0 Å². The minimum absolute atomic E-state index is 0.201. The van der Waals surface area contributed by atoms with Crippen LogP contribution >= 0.6 is 0 Å². The van der Waals surface area contributed by atoms with Crippen LogP contribution in [-0.4, -0.2) is 49.7 Å². The number of anilines is 2. The van der Waals surface area contributed by atoms with Crippen LogP contribution in [0.4, 0.5) is 11.4 Å². The minimum Gasteiger partial charge on any atom is -0.368 e. The fourth-order valence-electron chi connectivity index (χ4n) is 4.61. The van der Waals surface area contributed by atoms with E-state index in [1.807, 2.05) is 72.8 Å². The molecule has 4 N–H and O–H groups in total. The second kappa shape index (κ2) is 10.2. The van der Waals surface area contributed by atoms with Gasteiger partial charge in [0.2, 0.25) is 0 Å². The molecule has 38 heavy (non-hydrogen) atoms. The maximum Gasteiger partial charge on any atom is 0.255 e. The number of benzene rings is 4. The number of amides is 2. The van der Waals surface area contributed by atoms with E-state index in [1.54, 1.807) is 12.1 Å². The van der Waals surface area contributed by atoms with Gasteiger partial charge in [0.05, 0.1) is 13.1 Å². The molecule has 0 spiro atoms. The number of nitrogens with zero attached hydrogens (tertiary/aromatic N) is 2. The third-order valence-corrected chi connectivity index (χ3v) is 6.50. The summed E-state index contributed by atoms with van der Waals surface area (Å²) in [5.74, 6) is 1.29. The molecule has 2 aliphatic heterocycles. The third-order valence-electron chi connectivity index (χ3n) is 6.50. The highest BCUT2D eigenvalue weighted by Gasteiger charge is 2.13. The Morgan fingerprint density at radius 3 is 1.50 bits per heavy atom. The molecule has 0 saturated carbocycles. The first-order chi connectivity index (χ1) is 18.6. The van der Waals surface area contributed by atoms with Crippen molar-refractivity contribution < 1.29 is 9.59 Å². The van der Waals surface area contributed by atoms with E-state index in [0.29, 0.717) is 22.5 Å². The normalized spacial score (nSPS) is 14.3. The number of rotatable bonds is 6. The lowest BCUT2D eigenvalue weighted by Gasteiger charge is -2.10. The van der Waals surface area contributed by atoms with Crippen molar-refractivity contribution in [3.63, 3.8) is 0 Å². The van der Waals surface area contributed by atoms with Crippen LogP contribution in [0, 0.1) is 0 Å². The van der Waals surface area contributed by atoms with Gasteiger partial charge in [0.1, 0.15) is 11.7 Å². The van der Waals surface area contributed by atoms with Gasteiger partial charge in [-0.05, 0) is 59.3 Å². The molecule has 8 nitrogen and oxygen atoms in total. The number of carbonyl (C=O) groups is 2. The van der Waals surface area contributed by atoms with Crippen molar-refractivity contribution >= 4 is 45.6 Å². The summed E-state index contributed by atoms with van der Waals surface area (Å²) in [4.78, 5) is 34.8. The van der Waals surface area contributed by atoms with E-state index in [9.17, 15) is 9.59 Å². The van der Waals surface area contributed by atoms with E-state index in [-0.39, 0.29) is 11.8 Å². The fraction of sp³-hybridized carbons (Fsp3) is 0.133. The highest BCUT2D eigenvalue weighted by atomic mass is 16.2. The number of nitrogens with one attached hydrogen (secondary N) is 4. The summed E-state index contributed by atoms with van der Waals surface area (Å²) in [6.45, 7) is 3.17. The summed E-state index contributed by atoms with van der Waals surface area (Å²) >= 11 is 0. The molecule has 0 atom stereocenters. The maximum atomic E-state index is 13.0. The topological polar surface area (TPSA) is 107 Å². The van der Waals surface area contributed by atoms with Crippen molar-refractivity contribution in [3.05, 3.63) is 107 Å². The molecule has 4 aromatic rings. The maximum absolute atomic E-state index is 13.0. The molecule has 4 aromatic carbocycles. The van der Waals surface area contributed by atoms with Crippen LogP contribution in [0.3, 0.4) is 0 Å². The minimum atomic E-state index is -0.201. The number of fused-ring (bicyclic) bond motifs is 1. The smallest absolute Gasteiger partial charge is 0.255 e. The van der Waals surface area contributed by atoms with Gasteiger partial charge in [-0.25, -0.2) is 0 Å². The van der Waals surface area contributed by atoms with Gasteiger partial charge in [-0.3, -0.25) is 19.6 Å². The first-order valence-corrected chi connectivity index (χ1v) is 12.6. The number of hydrogen-bond donors (Lipinski definition) is 4. The highest BCUT2D eigenvalue weighted by molar-refractivity contribution is 6.10. The molecule has 0 saturated heterocycles. The second-order valence-corrected chi connectivity index (χ2v) is 9.16. The Morgan fingerprint density at radius 2 is 1.08 bits per heavy atom. The van der Waals surface area contributed by atoms with E-state index in [2.05, 4.69) is 31.3 Å². The predicted molar refractivity (Wildman–Crippen MR) is 152 cm³/mol. The molecular weight excluding hydrogens is 476 g/mol. The molecule has 0 radical (unpaired) electrons. The van der Waals surface area contributed by atoms with Gasteiger partial charge in [-0.1, -0.05) is 36.4 Å². The average Bonchev–Trinajstić information content (AvgIpc) is 3.68. The van der Waals surface area contributed by atoms with Gasteiger partial charge < -0.3 is 21.3 Å². The lowest BCUT2D eigenvalue weighted by atomic mass is 10.0. The number of hydrogen-bond acceptors (Lipinski definition) is 6. The summed E-state index contributed by atoms with van der Waals surface area (Å²) < 4.78 is 0. The molecule has 8 heteroatoms. The standard InChI is InChI=1S/C30H26N6O2/c37-29(35-25-5-1-3-21(17-25)27-31-11-12-32-27)23-9-7-20-16-24(10-8-19(20)15-23)30(38)36-26-6-2-4-22(18-26)28-33-13-14-34-28/h1-10,15-18H,11-14H2,(H,31,32)(H,33,34)(H,35,37)(H,36,38). The van der Waals surface area contributed by atoms with Gasteiger partial charge in [-0.15, -0.1) is 0 Å². The van der Waals surface area contributed by atoms with Crippen LogP contribution in [0.5, 0.6) is 0 Å². The molecule has 0 bridgehead atoms. The number of aliphatic imine (C=N–C) groups is 2. The zero-order valence-electron chi connectivity index (χ0n) is 20.6. The predicted octanol–water partition coefficient (Wildman–Crippen LogP) is 4.04. The zero-order valence-corrected chi connectivity index (χ0v) is 20.6. The lowest BCUT2D eigenvalue weighted by molar-refractivity contribution is 0.101. The van der Waals surface area contributed by atoms with Gasteiger partial charge >= 0.3 is 0 Å². The van der Waals surface area contributed by atoms with Gasteiger partial charge in [-0.2, -0.15) is 0 Å². The summed E-state index contributed by atoms with van der Waals surface area (Å²) in [6.07, 6.45) is 0. The van der Waals surface area contributed by atoms with Crippen LogP contribution in [-0.2, 0) is 0 Å². The zero-order chi connectivity index (χ0) is 25.9. The van der Waals surface area contributed by atoms with Crippen molar-refractivity contribution in [2.24, 2.45) is 9.98 Å². The molecule has 2 heterocycles. The third kappa shape index (κ3) is 4.97. The van der Waals surface area contributed by atoms with E-state index >= 15 is 0 Å². The molecule has 188 valence electrons. The van der Waals surface area contributed by atoms with E-state index < -0.39 is 0 Å². The SMILES string of the molecule is O=C(Nc1cccc(C2=NCCN2)c1)c1ccc2cc(C(=O)Nc3cccc(C4=NCCN4)c3)ccc2c1. The first kappa shape index (κ1) is 23.4. The second-order valence-electron chi connectivity index (χ2n) is 9.16. The molecular formula is C30H26N6O2. The van der Waals surface area contributed by atoms with Crippen LogP contribution in [0.1, 0.15) is 31.8 Å². The molecule has 0 unspecified atom stereocenters. The molecule has 6 rings (SSSR count). The quantitative estimate of drug-likeness (QED) is 0.319. The largest absolute Gasteiger partial charge is 0.368 e. The summed E-state index contributed by atoms with van der Waals surface area (Å²) in [6, 6.07) is 26.2. The van der Waals surface area contributed by atoms with E-state index in [4.69, 9.17) is 0 Å². The molecule has 2 aliphatic rings. The van der Waals surface area contributed by atoms with E-state index in [1.165, 1.54) is 0 Å². The summed E-state index contributed by atoms with van der Waals surface area (Å²) in [7, 11) is 0. The monoisotopic (exact) mass is 502 g/mol. The number of carbonyl (C=O) groups excluding carboxylic acids is 2. The Kier molecular flexibility index (Phi) is 6.27. The first-order valence-electron chi connectivity index (χ1n) is 12.6. The molecule has 2 amide bonds. The van der Waals surface area contributed by atoms with Crippen LogP contribution in [0.15, 0.2) is 94.9 Å². The van der Waals surface area contributed by atoms with Crippen LogP contribution < -0.4 is 21.3 Å². The molecule has 0 aliphatic carbocycles. The Bertz CT molecular complexity index is 1500. The number of amidine groups is 2. The lowest BCUT2D eigenvalue weighted by Crippen LogP contribution is -2.20.